The molecule has 0 saturated carbocycles. The number of halogens is 5. The summed E-state index contributed by atoms with van der Waals surface area (Å²) in [6, 6.07) is 2.31. The minimum atomic E-state index is -1.33. The second-order valence-corrected chi connectivity index (χ2v) is 4.32. The summed E-state index contributed by atoms with van der Waals surface area (Å²) in [6.07, 6.45) is 0. The summed E-state index contributed by atoms with van der Waals surface area (Å²) in [7, 11) is 0. The van der Waals surface area contributed by atoms with Crippen LogP contribution in [0, 0.1) is 24.4 Å². The highest BCUT2D eigenvalue weighted by Crippen LogP contribution is 2.37. The fourth-order valence-electron chi connectivity index (χ4n) is 1.60. The van der Waals surface area contributed by atoms with E-state index in [9.17, 15) is 17.7 Å². The zero-order valence-corrected chi connectivity index (χ0v) is 12.7. The number of hydrogen-bond acceptors (Lipinski definition) is 3. The largest absolute Gasteiger partial charge is 0.395 e. The molecule has 0 saturated heterocycles. The number of hydrogen-bond donors (Lipinski definition) is 1. The molecule has 0 fully saturated rings. The molecule has 0 aliphatic rings. The van der Waals surface area contributed by atoms with E-state index in [2.05, 4.69) is 9.93 Å². The number of anilines is 1. The fourth-order valence-corrected chi connectivity index (χ4v) is 1.75. The molecule has 1 aromatic heterocycles. The molecule has 2 rings (SSSR count). The maximum Gasteiger partial charge on any atom is 0.284 e. The molecule has 0 bridgehead atoms. The highest BCUT2D eigenvalue weighted by Gasteiger charge is 2.23. The Morgan fingerprint density at radius 3 is 2.23 bits per heavy atom. The average Bonchev–Trinajstić information content (AvgIpc) is 2.54. The number of nitrogens with zero attached hydrogens (tertiary/aromatic N) is 1. The first-order valence-electron chi connectivity index (χ1n) is 6.26. The van der Waals surface area contributed by atoms with E-state index < -0.39 is 45.3 Å². The molecule has 0 aliphatic heterocycles. The fraction of sp³-hybridized carbons (Fsp3) is 0.214. The third-order valence-corrected chi connectivity index (χ3v) is 3.05. The predicted octanol–water partition coefficient (Wildman–Crippen LogP) is 5.00. The van der Waals surface area contributed by atoms with Crippen molar-refractivity contribution >= 4 is 17.3 Å². The van der Waals surface area contributed by atoms with Crippen LogP contribution in [0.25, 0.3) is 11.3 Å². The van der Waals surface area contributed by atoms with Gasteiger partial charge in [-0.05, 0) is 18.6 Å². The molecule has 0 unspecified atom stereocenters. The Labute approximate surface area is 129 Å². The maximum absolute atomic E-state index is 13.9. The normalized spacial score (nSPS) is 10.0. The van der Waals surface area contributed by atoms with Crippen LogP contribution in [0.1, 0.15) is 19.4 Å². The van der Waals surface area contributed by atoms with E-state index in [0.29, 0.717) is 0 Å². The molecule has 120 valence electrons. The van der Waals surface area contributed by atoms with Gasteiger partial charge in [-0.15, -0.1) is 0 Å². The molecule has 0 aliphatic carbocycles. The molecule has 0 spiro atoms. The van der Waals surface area contributed by atoms with Crippen molar-refractivity contribution in [3.05, 3.63) is 40.2 Å². The van der Waals surface area contributed by atoms with Crippen LogP contribution in [0.3, 0.4) is 0 Å². The van der Waals surface area contributed by atoms with Gasteiger partial charge in [-0.2, -0.15) is 0 Å². The summed E-state index contributed by atoms with van der Waals surface area (Å²) < 4.78 is 53.5. The van der Waals surface area contributed by atoms with Crippen LogP contribution < -0.4 is 10.7 Å². The van der Waals surface area contributed by atoms with Crippen molar-refractivity contribution in [3.63, 3.8) is 0 Å². The zero-order chi connectivity index (χ0) is 17.0. The summed E-state index contributed by atoms with van der Waals surface area (Å²) in [6.45, 7) is 5.33. The van der Waals surface area contributed by atoms with E-state index >= 15 is 0 Å². The number of aromatic nitrogens is 1. The first-order chi connectivity index (χ1) is 10.4. The molecular formula is C14H13ClF4N2O. The molecule has 0 radical (unpaired) electrons. The second kappa shape index (κ2) is 7.31. The molecule has 1 heterocycles. The molecule has 2 aromatic rings. The maximum atomic E-state index is 13.9. The summed E-state index contributed by atoms with van der Waals surface area (Å²) >= 11 is 5.49. The standard InChI is InChI=1S/C12H7ClF4N2O.C2H6/c1-4-2-3-5(8(15)7(4)14)11-9(16)10(18)6(13)12(19-11)20-17;1-2/h2-3H,1H3,(H2,18,19);1-2H3. The number of nitrogen functional groups attached to an aromatic ring is 1. The predicted molar refractivity (Wildman–Crippen MR) is 76.8 cm³/mol. The van der Waals surface area contributed by atoms with Gasteiger partial charge in [-0.1, -0.05) is 31.5 Å². The van der Waals surface area contributed by atoms with Crippen molar-refractivity contribution in [1.82, 2.24) is 4.98 Å². The van der Waals surface area contributed by atoms with Crippen LogP contribution in [-0.4, -0.2) is 4.98 Å². The van der Waals surface area contributed by atoms with Gasteiger partial charge < -0.3 is 5.73 Å². The molecule has 0 atom stereocenters. The monoisotopic (exact) mass is 336 g/mol. The Morgan fingerprint density at radius 2 is 1.68 bits per heavy atom. The Hall–Kier alpha value is -2.02. The summed E-state index contributed by atoms with van der Waals surface area (Å²) in [5.74, 6) is -4.53. The molecular weight excluding hydrogens is 324 g/mol. The van der Waals surface area contributed by atoms with E-state index in [0.717, 1.165) is 6.07 Å². The lowest BCUT2D eigenvalue weighted by molar-refractivity contribution is -0.0116. The molecule has 0 amide bonds. The van der Waals surface area contributed by atoms with Crippen LogP contribution in [0.15, 0.2) is 12.1 Å². The quantitative estimate of drug-likeness (QED) is 0.785. The van der Waals surface area contributed by atoms with E-state index in [1.807, 2.05) is 13.8 Å². The van der Waals surface area contributed by atoms with Crippen molar-refractivity contribution < 1.29 is 22.6 Å². The summed E-state index contributed by atoms with van der Waals surface area (Å²) in [5, 5.41) is -0.596. The van der Waals surface area contributed by atoms with Gasteiger partial charge in [0.1, 0.15) is 10.7 Å². The van der Waals surface area contributed by atoms with Gasteiger partial charge >= 0.3 is 0 Å². The highest BCUT2D eigenvalue weighted by molar-refractivity contribution is 6.34. The van der Waals surface area contributed by atoms with Gasteiger partial charge in [-0.25, -0.2) is 18.2 Å². The van der Waals surface area contributed by atoms with Crippen molar-refractivity contribution in [3.8, 4) is 17.1 Å². The smallest absolute Gasteiger partial charge is 0.284 e. The summed E-state index contributed by atoms with van der Waals surface area (Å²) in [4.78, 5) is 6.69. The third kappa shape index (κ3) is 3.09. The van der Waals surface area contributed by atoms with E-state index in [-0.39, 0.29) is 5.56 Å². The molecule has 1 aromatic carbocycles. The van der Waals surface area contributed by atoms with Crippen molar-refractivity contribution in [2.75, 3.05) is 5.73 Å². The Balaban J connectivity index is 0.00000116. The van der Waals surface area contributed by atoms with Crippen LogP contribution in [0.2, 0.25) is 5.02 Å². The lowest BCUT2D eigenvalue weighted by atomic mass is 10.1. The van der Waals surface area contributed by atoms with E-state index in [1.165, 1.54) is 13.0 Å². The van der Waals surface area contributed by atoms with Crippen molar-refractivity contribution in [1.29, 1.82) is 0 Å². The van der Waals surface area contributed by atoms with Crippen molar-refractivity contribution in [2.45, 2.75) is 20.8 Å². The van der Waals surface area contributed by atoms with E-state index in [1.54, 1.807) is 0 Å². The Bertz CT molecular complexity index is 695. The zero-order valence-electron chi connectivity index (χ0n) is 12.0. The van der Waals surface area contributed by atoms with Crippen LogP contribution in [0.4, 0.5) is 23.4 Å². The van der Waals surface area contributed by atoms with Crippen molar-refractivity contribution in [2.24, 2.45) is 0 Å². The van der Waals surface area contributed by atoms with Gasteiger partial charge in [0, 0.05) is 10.1 Å². The minimum Gasteiger partial charge on any atom is -0.395 e. The van der Waals surface area contributed by atoms with Gasteiger partial charge in [-0.3, -0.25) is 4.94 Å². The topological polar surface area (TPSA) is 48.1 Å². The average molecular weight is 337 g/mol. The SMILES string of the molecule is CC.Cc1ccc(-c2nc(OF)c(Cl)c(N)c2F)c(F)c1F. The third-order valence-electron chi connectivity index (χ3n) is 2.69. The molecule has 22 heavy (non-hydrogen) atoms. The number of pyridine rings is 1. The Morgan fingerprint density at radius 1 is 1.09 bits per heavy atom. The highest BCUT2D eigenvalue weighted by atomic mass is 35.5. The van der Waals surface area contributed by atoms with Crippen LogP contribution in [-0.2, 0) is 0 Å². The lowest BCUT2D eigenvalue weighted by Crippen LogP contribution is -2.03. The number of aryl methyl sites for hydroxylation is 1. The van der Waals surface area contributed by atoms with Crippen LogP contribution >= 0.6 is 11.6 Å². The van der Waals surface area contributed by atoms with Crippen LogP contribution in [0.5, 0.6) is 5.88 Å². The van der Waals surface area contributed by atoms with Gasteiger partial charge in [0.05, 0.1) is 5.69 Å². The number of rotatable bonds is 2. The van der Waals surface area contributed by atoms with Gasteiger partial charge in [0.15, 0.2) is 17.5 Å². The minimum absolute atomic E-state index is 0.0237. The van der Waals surface area contributed by atoms with Gasteiger partial charge in [0.2, 0.25) is 0 Å². The number of benzene rings is 1. The first kappa shape index (κ1) is 18.0. The van der Waals surface area contributed by atoms with Gasteiger partial charge in [0.25, 0.3) is 5.88 Å². The molecule has 3 nitrogen and oxygen atoms in total. The Kier molecular flexibility index (Phi) is 5.99. The van der Waals surface area contributed by atoms with E-state index in [4.69, 9.17) is 17.3 Å². The number of nitrogens with two attached hydrogens (primary N) is 1. The lowest BCUT2D eigenvalue weighted by Gasteiger charge is -2.10. The summed E-state index contributed by atoms with van der Waals surface area (Å²) in [5.41, 5.74) is 3.43. The first-order valence-corrected chi connectivity index (χ1v) is 6.64. The second-order valence-electron chi connectivity index (χ2n) is 3.94. The molecule has 2 N–H and O–H groups in total. The molecule has 8 heteroatoms.